The van der Waals surface area contributed by atoms with E-state index in [2.05, 4.69) is 5.32 Å². The number of nitrogens with two attached hydrogens (primary N) is 2. The van der Waals surface area contributed by atoms with E-state index in [4.69, 9.17) is 10.9 Å². The average Bonchev–Trinajstić information content (AvgIpc) is 2.82. The second-order valence-electron chi connectivity index (χ2n) is 5.18. The monoisotopic (exact) mass is 333 g/mol. The van der Waals surface area contributed by atoms with E-state index in [9.17, 15) is 13.2 Å². The summed E-state index contributed by atoms with van der Waals surface area (Å²) in [5.41, 5.74) is 6.61. The van der Waals surface area contributed by atoms with Crippen LogP contribution >= 0.6 is 12.4 Å². The van der Waals surface area contributed by atoms with E-state index in [1.165, 1.54) is 12.1 Å². The number of sulfonamides is 1. The van der Waals surface area contributed by atoms with Gasteiger partial charge < -0.3 is 11.1 Å². The maximum Gasteiger partial charge on any atom is 0.238 e. The van der Waals surface area contributed by atoms with Crippen LogP contribution in [0.2, 0.25) is 0 Å². The fraction of sp³-hybridized carbons (Fsp3) is 0.462. The molecule has 2 unspecified atom stereocenters. The molecule has 1 saturated carbocycles. The molecule has 0 aliphatic heterocycles. The molecule has 0 aromatic heterocycles. The van der Waals surface area contributed by atoms with Crippen LogP contribution in [0.15, 0.2) is 29.2 Å². The quantitative estimate of drug-likeness (QED) is 0.744. The van der Waals surface area contributed by atoms with Crippen LogP contribution in [-0.2, 0) is 21.4 Å². The third kappa shape index (κ3) is 4.96. The van der Waals surface area contributed by atoms with Crippen molar-refractivity contribution in [2.24, 2.45) is 16.8 Å². The van der Waals surface area contributed by atoms with Gasteiger partial charge in [-0.05, 0) is 37.0 Å². The second kappa shape index (κ2) is 7.22. The second-order valence-corrected chi connectivity index (χ2v) is 6.74. The van der Waals surface area contributed by atoms with Gasteiger partial charge in [-0.2, -0.15) is 0 Å². The van der Waals surface area contributed by atoms with E-state index in [1.54, 1.807) is 12.1 Å². The van der Waals surface area contributed by atoms with Crippen molar-refractivity contribution in [1.82, 2.24) is 5.32 Å². The number of primary sulfonamides is 1. The summed E-state index contributed by atoms with van der Waals surface area (Å²) < 4.78 is 22.2. The zero-order valence-electron chi connectivity index (χ0n) is 11.5. The molecular weight excluding hydrogens is 314 g/mol. The molecule has 5 N–H and O–H groups in total. The van der Waals surface area contributed by atoms with Gasteiger partial charge in [0.15, 0.2) is 0 Å². The molecular formula is C13H20ClN3O3S. The van der Waals surface area contributed by atoms with Gasteiger partial charge in [0.2, 0.25) is 15.9 Å². The van der Waals surface area contributed by atoms with Gasteiger partial charge in [0.05, 0.1) is 4.90 Å². The van der Waals surface area contributed by atoms with Crippen molar-refractivity contribution < 1.29 is 13.2 Å². The van der Waals surface area contributed by atoms with Crippen molar-refractivity contribution in [3.8, 4) is 0 Å². The summed E-state index contributed by atoms with van der Waals surface area (Å²) in [4.78, 5) is 12.0. The van der Waals surface area contributed by atoms with Crippen molar-refractivity contribution in [3.63, 3.8) is 0 Å². The Bertz CT molecular complexity index is 589. The molecule has 0 saturated heterocycles. The molecule has 1 amide bonds. The summed E-state index contributed by atoms with van der Waals surface area (Å²) in [6.07, 6.45) is 2.45. The largest absolute Gasteiger partial charge is 0.352 e. The molecule has 1 fully saturated rings. The third-order valence-corrected chi connectivity index (χ3v) is 4.49. The predicted molar refractivity (Wildman–Crippen MR) is 82.2 cm³/mol. The summed E-state index contributed by atoms with van der Waals surface area (Å²) in [6.45, 7) is 0.371. The Morgan fingerprint density at radius 2 is 1.86 bits per heavy atom. The first-order valence-electron chi connectivity index (χ1n) is 6.51. The van der Waals surface area contributed by atoms with Crippen LogP contribution < -0.4 is 16.2 Å². The summed E-state index contributed by atoms with van der Waals surface area (Å²) >= 11 is 0. The Kier molecular flexibility index (Phi) is 6.15. The lowest BCUT2D eigenvalue weighted by Crippen LogP contribution is -2.30. The molecule has 0 spiro atoms. The van der Waals surface area contributed by atoms with Crippen molar-refractivity contribution in [2.45, 2.75) is 36.7 Å². The molecule has 6 nitrogen and oxygen atoms in total. The van der Waals surface area contributed by atoms with Gasteiger partial charge in [-0.3, -0.25) is 4.79 Å². The zero-order valence-corrected chi connectivity index (χ0v) is 13.1. The fourth-order valence-electron chi connectivity index (χ4n) is 2.39. The van der Waals surface area contributed by atoms with Crippen molar-refractivity contribution >= 4 is 28.3 Å². The zero-order chi connectivity index (χ0) is 14.8. The highest BCUT2D eigenvalue weighted by atomic mass is 35.5. The fourth-order valence-corrected chi connectivity index (χ4v) is 2.90. The number of amides is 1. The summed E-state index contributed by atoms with van der Waals surface area (Å²) in [5.74, 6) is 0.00201. The number of carbonyl (C=O) groups is 1. The van der Waals surface area contributed by atoms with Gasteiger partial charge in [-0.25, -0.2) is 13.6 Å². The van der Waals surface area contributed by atoms with Gasteiger partial charge >= 0.3 is 0 Å². The Morgan fingerprint density at radius 3 is 2.33 bits per heavy atom. The van der Waals surface area contributed by atoms with Crippen LogP contribution in [0.5, 0.6) is 0 Å². The molecule has 0 bridgehead atoms. The Morgan fingerprint density at radius 1 is 1.24 bits per heavy atom. The Hall–Kier alpha value is -1.15. The number of carbonyl (C=O) groups excluding carboxylic acids is 1. The van der Waals surface area contributed by atoms with Gasteiger partial charge in [-0.15, -0.1) is 12.4 Å². The minimum absolute atomic E-state index is 0. The molecule has 2 atom stereocenters. The average molecular weight is 334 g/mol. The van der Waals surface area contributed by atoms with Gasteiger partial charge in [0.25, 0.3) is 0 Å². The molecule has 1 aliphatic rings. The Labute approximate surface area is 130 Å². The minimum atomic E-state index is -3.67. The molecule has 118 valence electrons. The summed E-state index contributed by atoms with van der Waals surface area (Å²) in [7, 11) is -3.67. The van der Waals surface area contributed by atoms with Crippen molar-refractivity contribution in [1.29, 1.82) is 0 Å². The van der Waals surface area contributed by atoms with E-state index in [0.29, 0.717) is 6.54 Å². The van der Waals surface area contributed by atoms with Gasteiger partial charge in [0, 0.05) is 18.5 Å². The number of hydrogen-bond acceptors (Lipinski definition) is 4. The molecule has 0 heterocycles. The summed E-state index contributed by atoms with van der Waals surface area (Å²) in [6, 6.07) is 6.27. The lowest BCUT2D eigenvalue weighted by Gasteiger charge is -2.11. The van der Waals surface area contributed by atoms with Crippen LogP contribution in [0.4, 0.5) is 0 Å². The van der Waals surface area contributed by atoms with Gasteiger partial charge in [0.1, 0.15) is 0 Å². The molecule has 8 heteroatoms. The third-order valence-electron chi connectivity index (χ3n) is 3.56. The molecule has 2 rings (SSSR count). The molecule has 1 aromatic carbocycles. The Balaban J connectivity index is 0.00000220. The first-order chi connectivity index (χ1) is 9.36. The lowest BCUT2D eigenvalue weighted by molar-refractivity contribution is -0.125. The minimum Gasteiger partial charge on any atom is -0.352 e. The van der Waals surface area contributed by atoms with E-state index in [1.807, 2.05) is 0 Å². The standard InChI is InChI=1S/C13H19N3O3S.ClH/c14-11-4-3-10(7-11)13(17)16-8-9-1-5-12(6-2-9)20(15,18)19;/h1-2,5-6,10-11H,3-4,7-8,14H2,(H,16,17)(H2,15,18,19);1H. The molecule has 0 radical (unpaired) electrons. The topological polar surface area (TPSA) is 115 Å². The smallest absolute Gasteiger partial charge is 0.238 e. The maximum atomic E-state index is 11.9. The highest BCUT2D eigenvalue weighted by molar-refractivity contribution is 7.89. The van der Waals surface area contributed by atoms with Crippen LogP contribution in [0, 0.1) is 5.92 Å². The van der Waals surface area contributed by atoms with Crippen LogP contribution in [0.3, 0.4) is 0 Å². The number of hydrogen-bond donors (Lipinski definition) is 3. The SMILES string of the molecule is Cl.NC1CCC(C(=O)NCc2ccc(S(N)(=O)=O)cc2)C1. The van der Waals surface area contributed by atoms with E-state index in [0.717, 1.165) is 24.8 Å². The van der Waals surface area contributed by atoms with E-state index in [-0.39, 0.29) is 35.2 Å². The van der Waals surface area contributed by atoms with Crippen LogP contribution in [-0.4, -0.2) is 20.4 Å². The van der Waals surface area contributed by atoms with E-state index < -0.39 is 10.0 Å². The van der Waals surface area contributed by atoms with Crippen LogP contribution in [0.1, 0.15) is 24.8 Å². The predicted octanol–water partition coefficient (Wildman–Crippen LogP) is 0.499. The highest BCUT2D eigenvalue weighted by Gasteiger charge is 2.27. The highest BCUT2D eigenvalue weighted by Crippen LogP contribution is 2.24. The maximum absolute atomic E-state index is 11.9. The molecule has 21 heavy (non-hydrogen) atoms. The summed E-state index contributed by atoms with van der Waals surface area (Å²) in [5, 5.41) is 7.86. The first-order valence-corrected chi connectivity index (χ1v) is 8.06. The number of rotatable bonds is 4. The number of benzene rings is 1. The lowest BCUT2D eigenvalue weighted by atomic mass is 10.1. The van der Waals surface area contributed by atoms with Crippen molar-refractivity contribution in [3.05, 3.63) is 29.8 Å². The van der Waals surface area contributed by atoms with Crippen LogP contribution in [0.25, 0.3) is 0 Å². The van der Waals surface area contributed by atoms with E-state index >= 15 is 0 Å². The first kappa shape index (κ1) is 17.9. The molecule has 1 aliphatic carbocycles. The molecule has 1 aromatic rings. The van der Waals surface area contributed by atoms with Crippen molar-refractivity contribution in [2.75, 3.05) is 0 Å². The number of nitrogens with one attached hydrogen (secondary N) is 1. The number of halogens is 1. The van der Waals surface area contributed by atoms with Gasteiger partial charge in [-0.1, -0.05) is 12.1 Å². The normalized spacial score (nSPS) is 21.6.